The zero-order valence-electron chi connectivity index (χ0n) is 8.46. The summed E-state index contributed by atoms with van der Waals surface area (Å²) in [6.07, 6.45) is 2.25. The molecule has 1 aromatic rings. The van der Waals surface area contributed by atoms with E-state index in [1.165, 1.54) is 0 Å². The largest absolute Gasteiger partial charge is 0.477 e. The molecule has 0 aliphatic heterocycles. The normalized spacial score (nSPS) is 17.9. The first kappa shape index (κ1) is 11.0. The van der Waals surface area contributed by atoms with E-state index in [1.807, 2.05) is 0 Å². The Hall–Kier alpha value is -1.49. The van der Waals surface area contributed by atoms with Crippen molar-refractivity contribution in [3.8, 4) is 0 Å². The predicted molar refractivity (Wildman–Crippen MR) is 53.0 cm³/mol. The van der Waals surface area contributed by atoms with Gasteiger partial charge in [-0.1, -0.05) is 0 Å². The van der Waals surface area contributed by atoms with Gasteiger partial charge in [-0.2, -0.15) is 0 Å². The summed E-state index contributed by atoms with van der Waals surface area (Å²) in [7, 11) is 0. The van der Waals surface area contributed by atoms with Crippen molar-refractivity contribution in [2.24, 2.45) is 5.73 Å². The minimum absolute atomic E-state index is 0.332. The fraction of sp³-hybridized carbons (Fsp3) is 0.364. The Bertz CT molecular complexity index is 432. The third-order valence-electron chi connectivity index (χ3n) is 3.08. The second-order valence-electron chi connectivity index (χ2n) is 4.13. The Morgan fingerprint density at radius 1 is 1.31 bits per heavy atom. The summed E-state index contributed by atoms with van der Waals surface area (Å²) >= 11 is 0. The number of hydrogen-bond donors (Lipinski definition) is 2. The molecule has 0 aromatic heterocycles. The van der Waals surface area contributed by atoms with E-state index in [2.05, 4.69) is 0 Å². The number of carboxylic acid groups (broad SMARTS) is 1. The Morgan fingerprint density at radius 2 is 1.81 bits per heavy atom. The molecule has 16 heavy (non-hydrogen) atoms. The van der Waals surface area contributed by atoms with E-state index in [1.54, 1.807) is 0 Å². The monoisotopic (exact) mass is 227 g/mol. The van der Waals surface area contributed by atoms with Crippen LogP contribution < -0.4 is 5.73 Å². The predicted octanol–water partition coefficient (Wildman–Crippen LogP) is 2.00. The Labute approximate surface area is 90.9 Å². The van der Waals surface area contributed by atoms with Gasteiger partial charge in [0, 0.05) is 5.54 Å². The first-order valence-corrected chi connectivity index (χ1v) is 4.96. The van der Waals surface area contributed by atoms with Gasteiger partial charge >= 0.3 is 5.97 Å². The van der Waals surface area contributed by atoms with E-state index in [0.717, 1.165) is 18.6 Å². The summed E-state index contributed by atoms with van der Waals surface area (Å²) in [5.41, 5.74) is 4.62. The summed E-state index contributed by atoms with van der Waals surface area (Å²) in [4.78, 5) is 10.6. The molecule has 0 heterocycles. The van der Waals surface area contributed by atoms with Crippen molar-refractivity contribution in [1.29, 1.82) is 0 Å². The van der Waals surface area contributed by atoms with Crippen LogP contribution in [-0.2, 0) is 5.54 Å². The van der Waals surface area contributed by atoms with Crippen LogP contribution in [0.1, 0.15) is 35.2 Å². The average molecular weight is 227 g/mol. The van der Waals surface area contributed by atoms with Gasteiger partial charge in [0.1, 0.15) is 17.2 Å². The van der Waals surface area contributed by atoms with Crippen molar-refractivity contribution in [3.05, 3.63) is 34.9 Å². The molecule has 0 radical (unpaired) electrons. The molecular weight excluding hydrogens is 216 g/mol. The fourth-order valence-electron chi connectivity index (χ4n) is 1.91. The highest BCUT2D eigenvalue weighted by Gasteiger charge is 2.36. The average Bonchev–Trinajstić information content (AvgIpc) is 2.12. The van der Waals surface area contributed by atoms with E-state index in [-0.39, 0.29) is 0 Å². The van der Waals surface area contributed by atoms with Crippen LogP contribution in [0.25, 0.3) is 0 Å². The maximum atomic E-state index is 13.4. The molecule has 1 saturated carbocycles. The maximum Gasteiger partial charge on any atom is 0.341 e. The van der Waals surface area contributed by atoms with Crippen LogP contribution in [0.3, 0.4) is 0 Å². The number of hydrogen-bond acceptors (Lipinski definition) is 2. The molecule has 5 heteroatoms. The Balaban J connectivity index is 2.49. The SMILES string of the molecule is NC1(c2cc(F)c(C(=O)O)c(F)c2)CCC1. The standard InChI is InChI=1S/C11H11F2NO2/c12-7-4-6(11(14)2-1-3-11)5-8(13)9(7)10(15)16/h4-5H,1-3,14H2,(H,15,16). The highest BCUT2D eigenvalue weighted by atomic mass is 19.1. The van der Waals surface area contributed by atoms with Crippen molar-refractivity contribution in [2.75, 3.05) is 0 Å². The number of rotatable bonds is 2. The second kappa shape index (κ2) is 3.52. The third kappa shape index (κ3) is 1.57. The van der Waals surface area contributed by atoms with Crippen LogP contribution in [-0.4, -0.2) is 11.1 Å². The van der Waals surface area contributed by atoms with Gasteiger partial charge in [0.25, 0.3) is 0 Å². The molecule has 1 fully saturated rings. The van der Waals surface area contributed by atoms with E-state index >= 15 is 0 Å². The quantitative estimate of drug-likeness (QED) is 0.812. The molecule has 0 bridgehead atoms. The lowest BCUT2D eigenvalue weighted by Gasteiger charge is -2.38. The molecule has 1 aromatic carbocycles. The van der Waals surface area contributed by atoms with Crippen molar-refractivity contribution >= 4 is 5.97 Å². The van der Waals surface area contributed by atoms with Gasteiger partial charge in [-0.25, -0.2) is 13.6 Å². The first-order valence-electron chi connectivity index (χ1n) is 4.96. The van der Waals surface area contributed by atoms with Crippen molar-refractivity contribution in [1.82, 2.24) is 0 Å². The minimum atomic E-state index is -1.61. The van der Waals surface area contributed by atoms with Gasteiger partial charge in [-0.05, 0) is 37.0 Å². The minimum Gasteiger partial charge on any atom is -0.477 e. The number of aromatic carboxylic acids is 1. The van der Waals surface area contributed by atoms with Gasteiger partial charge < -0.3 is 10.8 Å². The highest BCUT2D eigenvalue weighted by Crippen LogP contribution is 2.39. The molecule has 2 rings (SSSR count). The van der Waals surface area contributed by atoms with E-state index in [9.17, 15) is 13.6 Å². The number of carbonyl (C=O) groups is 1. The summed E-state index contributed by atoms with van der Waals surface area (Å²) in [5, 5.41) is 8.60. The molecule has 3 N–H and O–H groups in total. The molecular formula is C11H11F2NO2. The number of halogens is 2. The molecule has 3 nitrogen and oxygen atoms in total. The zero-order valence-corrected chi connectivity index (χ0v) is 8.46. The zero-order chi connectivity index (χ0) is 11.9. The van der Waals surface area contributed by atoms with Gasteiger partial charge in [-0.3, -0.25) is 0 Å². The van der Waals surface area contributed by atoms with Crippen molar-refractivity contribution in [2.45, 2.75) is 24.8 Å². The molecule has 0 saturated heterocycles. The molecule has 86 valence electrons. The van der Waals surface area contributed by atoms with Gasteiger partial charge in [0.15, 0.2) is 0 Å². The summed E-state index contributed by atoms with van der Waals surface area (Å²) in [5.74, 6) is -3.75. The number of nitrogens with two attached hydrogens (primary N) is 1. The highest BCUT2D eigenvalue weighted by molar-refractivity contribution is 5.88. The fourth-order valence-corrected chi connectivity index (χ4v) is 1.91. The summed E-state index contributed by atoms with van der Waals surface area (Å²) in [6.45, 7) is 0. The lowest BCUT2D eigenvalue weighted by atomic mass is 9.72. The maximum absolute atomic E-state index is 13.4. The molecule has 0 unspecified atom stereocenters. The first-order chi connectivity index (χ1) is 7.44. The number of carboxylic acids is 1. The molecule has 0 amide bonds. The summed E-state index contributed by atoms with van der Waals surface area (Å²) < 4.78 is 26.8. The van der Waals surface area contributed by atoms with Crippen molar-refractivity contribution in [3.63, 3.8) is 0 Å². The molecule has 1 aliphatic rings. The van der Waals surface area contributed by atoms with Crippen LogP contribution in [0.2, 0.25) is 0 Å². The van der Waals surface area contributed by atoms with Crippen LogP contribution in [0.15, 0.2) is 12.1 Å². The van der Waals surface area contributed by atoms with E-state index in [4.69, 9.17) is 10.8 Å². The second-order valence-corrected chi connectivity index (χ2v) is 4.13. The van der Waals surface area contributed by atoms with Gasteiger partial charge in [0.2, 0.25) is 0 Å². The molecule has 0 spiro atoms. The Morgan fingerprint density at radius 3 is 2.12 bits per heavy atom. The van der Waals surface area contributed by atoms with Crippen molar-refractivity contribution < 1.29 is 18.7 Å². The van der Waals surface area contributed by atoms with Gasteiger partial charge in [-0.15, -0.1) is 0 Å². The van der Waals surface area contributed by atoms with Crippen LogP contribution >= 0.6 is 0 Å². The summed E-state index contributed by atoms with van der Waals surface area (Å²) in [6, 6.07) is 2.04. The van der Waals surface area contributed by atoms with Gasteiger partial charge in [0.05, 0.1) is 0 Å². The van der Waals surface area contributed by atoms with Crippen LogP contribution in [0, 0.1) is 11.6 Å². The topological polar surface area (TPSA) is 63.3 Å². The molecule has 0 atom stereocenters. The smallest absolute Gasteiger partial charge is 0.341 e. The third-order valence-corrected chi connectivity index (χ3v) is 3.08. The van der Waals surface area contributed by atoms with E-state index in [0.29, 0.717) is 18.4 Å². The van der Waals surface area contributed by atoms with E-state index < -0.39 is 28.7 Å². The lowest BCUT2D eigenvalue weighted by molar-refractivity contribution is 0.0686. The van der Waals surface area contributed by atoms with Crippen LogP contribution in [0.4, 0.5) is 8.78 Å². The lowest BCUT2D eigenvalue weighted by Crippen LogP contribution is -2.43. The molecule has 1 aliphatic carbocycles. The number of benzene rings is 1. The van der Waals surface area contributed by atoms with Crippen LogP contribution in [0.5, 0.6) is 0 Å². The Kier molecular flexibility index (Phi) is 2.42.